The molecule has 4 heteroatoms. The van der Waals surface area contributed by atoms with Crippen LogP contribution < -0.4 is 10.1 Å². The fourth-order valence-corrected chi connectivity index (χ4v) is 2.23. The molecule has 0 saturated heterocycles. The van der Waals surface area contributed by atoms with Crippen molar-refractivity contribution in [3.8, 4) is 11.5 Å². The summed E-state index contributed by atoms with van der Waals surface area (Å²) in [7, 11) is 0. The quantitative estimate of drug-likeness (QED) is 0.790. The molecule has 0 bridgehead atoms. The van der Waals surface area contributed by atoms with Crippen LogP contribution in [0.1, 0.15) is 12.5 Å². The van der Waals surface area contributed by atoms with Gasteiger partial charge in [0.15, 0.2) is 11.6 Å². The van der Waals surface area contributed by atoms with Gasteiger partial charge in [0, 0.05) is 15.7 Å². The third kappa shape index (κ3) is 3.91. The highest BCUT2D eigenvalue weighted by Crippen LogP contribution is 2.29. The molecule has 0 spiro atoms. The highest BCUT2D eigenvalue weighted by atomic mass is 127. The Bertz CT molecular complexity index is 560. The van der Waals surface area contributed by atoms with Crippen molar-refractivity contribution in [3.63, 3.8) is 0 Å². The van der Waals surface area contributed by atoms with E-state index in [1.165, 1.54) is 6.07 Å². The van der Waals surface area contributed by atoms with Gasteiger partial charge in [-0.2, -0.15) is 0 Å². The van der Waals surface area contributed by atoms with Crippen LogP contribution in [0.15, 0.2) is 42.5 Å². The molecule has 2 aromatic carbocycles. The Hall–Kier alpha value is -1.14. The number of hydrogen-bond acceptors (Lipinski definition) is 2. The molecular formula is C15H15FINO. The minimum atomic E-state index is -0.339. The molecule has 0 aliphatic carbocycles. The zero-order chi connectivity index (χ0) is 13.7. The van der Waals surface area contributed by atoms with Crippen molar-refractivity contribution in [1.29, 1.82) is 0 Å². The van der Waals surface area contributed by atoms with Gasteiger partial charge in [0.1, 0.15) is 5.75 Å². The second-order valence-corrected chi connectivity index (χ2v) is 5.31. The number of rotatable bonds is 5. The summed E-state index contributed by atoms with van der Waals surface area (Å²) >= 11 is 2.20. The van der Waals surface area contributed by atoms with Gasteiger partial charge in [-0.15, -0.1) is 0 Å². The Kier molecular flexibility index (Phi) is 5.15. The molecule has 0 saturated carbocycles. The van der Waals surface area contributed by atoms with Gasteiger partial charge in [0.05, 0.1) is 0 Å². The zero-order valence-electron chi connectivity index (χ0n) is 10.6. The number of ether oxygens (including phenoxy) is 1. The van der Waals surface area contributed by atoms with Crippen LogP contribution in [0.25, 0.3) is 0 Å². The average molecular weight is 371 g/mol. The molecule has 0 aliphatic rings. The standard InChI is InChI=1S/C15H15FINO/c1-2-18-10-11-5-3-8-14(16)15(11)19-13-7-4-6-12(17)9-13/h3-9,18H,2,10H2,1H3. The topological polar surface area (TPSA) is 21.3 Å². The molecule has 2 nitrogen and oxygen atoms in total. The van der Waals surface area contributed by atoms with Crippen molar-refractivity contribution in [2.75, 3.05) is 6.54 Å². The molecule has 0 amide bonds. The van der Waals surface area contributed by atoms with Crippen LogP contribution in [0.2, 0.25) is 0 Å². The molecule has 0 atom stereocenters. The third-order valence-corrected chi connectivity index (χ3v) is 3.30. The van der Waals surface area contributed by atoms with E-state index in [9.17, 15) is 4.39 Å². The highest BCUT2D eigenvalue weighted by Gasteiger charge is 2.10. The number of halogens is 2. The van der Waals surface area contributed by atoms with Gasteiger partial charge in [-0.05, 0) is 53.4 Å². The van der Waals surface area contributed by atoms with Crippen molar-refractivity contribution in [2.24, 2.45) is 0 Å². The molecule has 0 radical (unpaired) electrons. The third-order valence-electron chi connectivity index (χ3n) is 2.63. The van der Waals surface area contributed by atoms with Gasteiger partial charge in [0.25, 0.3) is 0 Å². The van der Waals surface area contributed by atoms with Gasteiger partial charge in [-0.3, -0.25) is 0 Å². The van der Waals surface area contributed by atoms with Crippen LogP contribution >= 0.6 is 22.6 Å². The normalized spacial score (nSPS) is 10.5. The summed E-state index contributed by atoms with van der Waals surface area (Å²) in [6.07, 6.45) is 0. The number of para-hydroxylation sites is 1. The largest absolute Gasteiger partial charge is 0.454 e. The lowest BCUT2D eigenvalue weighted by molar-refractivity contribution is 0.433. The maximum atomic E-state index is 13.9. The summed E-state index contributed by atoms with van der Waals surface area (Å²) in [5.41, 5.74) is 0.820. The second-order valence-electron chi connectivity index (χ2n) is 4.07. The van der Waals surface area contributed by atoms with E-state index in [0.717, 1.165) is 15.7 Å². The van der Waals surface area contributed by atoms with Crippen LogP contribution in [0.3, 0.4) is 0 Å². The van der Waals surface area contributed by atoms with Crippen LogP contribution in [0.5, 0.6) is 11.5 Å². The first-order chi connectivity index (χ1) is 9.20. The van der Waals surface area contributed by atoms with Crippen LogP contribution in [-0.4, -0.2) is 6.54 Å². The van der Waals surface area contributed by atoms with E-state index in [-0.39, 0.29) is 5.82 Å². The predicted molar refractivity (Wildman–Crippen MR) is 83.0 cm³/mol. The summed E-state index contributed by atoms with van der Waals surface area (Å²) in [6, 6.07) is 12.5. The summed E-state index contributed by atoms with van der Waals surface area (Å²) in [4.78, 5) is 0. The summed E-state index contributed by atoms with van der Waals surface area (Å²) < 4.78 is 20.7. The Balaban J connectivity index is 2.27. The van der Waals surface area contributed by atoms with Crippen molar-refractivity contribution in [2.45, 2.75) is 13.5 Å². The first kappa shape index (κ1) is 14.3. The van der Waals surface area contributed by atoms with Crippen molar-refractivity contribution < 1.29 is 9.13 Å². The molecule has 19 heavy (non-hydrogen) atoms. The lowest BCUT2D eigenvalue weighted by Crippen LogP contribution is -2.12. The predicted octanol–water partition coefficient (Wildman–Crippen LogP) is 4.33. The lowest BCUT2D eigenvalue weighted by Gasteiger charge is -2.12. The maximum Gasteiger partial charge on any atom is 0.167 e. The molecule has 2 rings (SSSR count). The Morgan fingerprint density at radius 2 is 2.00 bits per heavy atom. The molecule has 0 unspecified atom stereocenters. The highest BCUT2D eigenvalue weighted by molar-refractivity contribution is 14.1. The van der Waals surface area contributed by atoms with Gasteiger partial charge >= 0.3 is 0 Å². The second kappa shape index (κ2) is 6.86. The van der Waals surface area contributed by atoms with Gasteiger partial charge in [-0.25, -0.2) is 4.39 Å². The van der Waals surface area contributed by atoms with E-state index in [2.05, 4.69) is 27.9 Å². The Morgan fingerprint density at radius 1 is 1.21 bits per heavy atom. The van der Waals surface area contributed by atoms with Crippen LogP contribution in [0, 0.1) is 9.39 Å². The van der Waals surface area contributed by atoms with Crippen molar-refractivity contribution >= 4 is 22.6 Å². The molecule has 1 N–H and O–H groups in total. The molecule has 0 aromatic heterocycles. The molecular weight excluding hydrogens is 356 g/mol. The SMILES string of the molecule is CCNCc1cccc(F)c1Oc1cccc(I)c1. The molecule has 0 fully saturated rings. The van der Waals surface area contributed by atoms with Gasteiger partial charge < -0.3 is 10.1 Å². The summed E-state index contributed by atoms with van der Waals surface area (Å²) in [5, 5.41) is 3.18. The number of benzene rings is 2. The minimum Gasteiger partial charge on any atom is -0.454 e. The van der Waals surface area contributed by atoms with E-state index in [4.69, 9.17) is 4.74 Å². The number of nitrogens with one attached hydrogen (secondary N) is 1. The first-order valence-corrected chi connectivity index (χ1v) is 7.20. The van der Waals surface area contributed by atoms with E-state index >= 15 is 0 Å². The first-order valence-electron chi connectivity index (χ1n) is 6.12. The van der Waals surface area contributed by atoms with E-state index in [1.807, 2.05) is 37.3 Å². The summed E-state index contributed by atoms with van der Waals surface area (Å²) in [5.74, 6) is 0.606. The van der Waals surface area contributed by atoms with Crippen LogP contribution in [0.4, 0.5) is 4.39 Å². The average Bonchev–Trinajstić information content (AvgIpc) is 2.39. The fourth-order valence-electron chi connectivity index (χ4n) is 1.72. The number of hydrogen-bond donors (Lipinski definition) is 1. The fraction of sp³-hybridized carbons (Fsp3) is 0.200. The Morgan fingerprint density at radius 3 is 2.74 bits per heavy atom. The lowest BCUT2D eigenvalue weighted by atomic mass is 10.2. The van der Waals surface area contributed by atoms with Crippen molar-refractivity contribution in [3.05, 3.63) is 57.4 Å². The van der Waals surface area contributed by atoms with Crippen LogP contribution in [-0.2, 0) is 6.54 Å². The molecule has 100 valence electrons. The van der Waals surface area contributed by atoms with E-state index in [1.54, 1.807) is 6.07 Å². The van der Waals surface area contributed by atoms with Gasteiger partial charge in [0.2, 0.25) is 0 Å². The molecule has 2 aromatic rings. The van der Waals surface area contributed by atoms with E-state index in [0.29, 0.717) is 18.0 Å². The van der Waals surface area contributed by atoms with E-state index < -0.39 is 0 Å². The van der Waals surface area contributed by atoms with Gasteiger partial charge in [-0.1, -0.05) is 25.1 Å². The Labute approximate surface area is 126 Å². The minimum absolute atomic E-state index is 0.297. The zero-order valence-corrected chi connectivity index (χ0v) is 12.8. The molecule has 0 heterocycles. The summed E-state index contributed by atoms with van der Waals surface area (Å²) in [6.45, 7) is 3.44. The monoisotopic (exact) mass is 371 g/mol. The van der Waals surface area contributed by atoms with Crippen molar-refractivity contribution in [1.82, 2.24) is 5.32 Å². The maximum absolute atomic E-state index is 13.9. The smallest absolute Gasteiger partial charge is 0.167 e. The molecule has 0 aliphatic heterocycles.